The van der Waals surface area contributed by atoms with Gasteiger partial charge in [-0.3, -0.25) is 4.79 Å². The summed E-state index contributed by atoms with van der Waals surface area (Å²) in [4.78, 5) is 11.0. The predicted molar refractivity (Wildman–Crippen MR) is 70.1 cm³/mol. The van der Waals surface area contributed by atoms with Gasteiger partial charge in [-0.15, -0.1) is 0 Å². The minimum atomic E-state index is -0.687. The highest BCUT2D eigenvalue weighted by molar-refractivity contribution is 5.68. The first-order valence-electron chi connectivity index (χ1n) is 6.70. The summed E-state index contributed by atoms with van der Waals surface area (Å²) in [5.74, 6) is 0.0279. The maximum absolute atomic E-state index is 11.0. The summed E-state index contributed by atoms with van der Waals surface area (Å²) in [7, 11) is 1.90. The van der Waals surface area contributed by atoms with Crippen LogP contribution in [0.4, 0.5) is 0 Å². The molecule has 0 aromatic rings. The monoisotopic (exact) mass is 241 g/mol. The fourth-order valence-electron chi connectivity index (χ4n) is 3.08. The van der Waals surface area contributed by atoms with Crippen LogP contribution in [-0.2, 0) is 4.79 Å². The van der Waals surface area contributed by atoms with Gasteiger partial charge >= 0.3 is 5.97 Å². The van der Waals surface area contributed by atoms with Crippen LogP contribution in [0.2, 0.25) is 0 Å². The number of aliphatic carboxylic acids is 1. The first-order chi connectivity index (χ1) is 7.79. The largest absolute Gasteiger partial charge is 0.481 e. The molecule has 0 aromatic carbocycles. The van der Waals surface area contributed by atoms with Crippen molar-refractivity contribution in [3.63, 3.8) is 0 Å². The molecule has 0 bridgehead atoms. The zero-order valence-electron chi connectivity index (χ0n) is 11.7. The molecule has 2 N–H and O–H groups in total. The van der Waals surface area contributed by atoms with Gasteiger partial charge in [0.1, 0.15) is 0 Å². The van der Waals surface area contributed by atoms with Crippen LogP contribution in [0.25, 0.3) is 0 Å². The van der Waals surface area contributed by atoms with Crippen LogP contribution >= 0.6 is 0 Å². The highest BCUT2D eigenvalue weighted by Crippen LogP contribution is 2.40. The van der Waals surface area contributed by atoms with Crippen molar-refractivity contribution in [2.75, 3.05) is 7.05 Å². The first-order valence-corrected chi connectivity index (χ1v) is 6.70. The molecule has 0 amide bonds. The predicted octanol–water partition coefficient (Wildman–Crippen LogP) is 3.05. The molecule has 1 fully saturated rings. The van der Waals surface area contributed by atoms with E-state index in [2.05, 4.69) is 26.1 Å². The van der Waals surface area contributed by atoms with Crippen molar-refractivity contribution in [1.29, 1.82) is 0 Å². The van der Waals surface area contributed by atoms with Crippen molar-refractivity contribution < 1.29 is 9.90 Å². The van der Waals surface area contributed by atoms with Gasteiger partial charge in [-0.1, -0.05) is 27.2 Å². The lowest BCUT2D eigenvalue weighted by Crippen LogP contribution is -2.44. The quantitative estimate of drug-likeness (QED) is 0.747. The third-order valence-electron chi connectivity index (χ3n) is 4.42. The molecule has 0 saturated heterocycles. The van der Waals surface area contributed by atoms with E-state index >= 15 is 0 Å². The van der Waals surface area contributed by atoms with Gasteiger partial charge in [0.25, 0.3) is 0 Å². The van der Waals surface area contributed by atoms with Gasteiger partial charge in [0.05, 0.1) is 6.42 Å². The molecule has 0 spiro atoms. The highest BCUT2D eigenvalue weighted by Gasteiger charge is 2.36. The molecular weight excluding hydrogens is 214 g/mol. The smallest absolute Gasteiger partial charge is 0.305 e. The van der Waals surface area contributed by atoms with Gasteiger partial charge in [0.2, 0.25) is 0 Å². The molecule has 2 unspecified atom stereocenters. The summed E-state index contributed by atoms with van der Waals surface area (Å²) in [6.07, 6.45) is 5.72. The Labute approximate surface area is 105 Å². The Bertz CT molecular complexity index is 270. The molecule has 1 aliphatic rings. The molecule has 1 rings (SSSR count). The minimum absolute atomic E-state index is 0.175. The summed E-state index contributed by atoms with van der Waals surface area (Å²) >= 11 is 0. The van der Waals surface area contributed by atoms with Gasteiger partial charge < -0.3 is 10.4 Å². The van der Waals surface area contributed by atoms with Crippen molar-refractivity contribution in [1.82, 2.24) is 5.32 Å². The Hall–Kier alpha value is -0.570. The van der Waals surface area contributed by atoms with E-state index in [9.17, 15) is 4.79 Å². The normalized spacial score (nSPS) is 30.9. The Kier molecular flexibility index (Phi) is 4.59. The molecule has 1 aliphatic carbocycles. The molecule has 17 heavy (non-hydrogen) atoms. The van der Waals surface area contributed by atoms with E-state index in [0.29, 0.717) is 11.3 Å². The van der Waals surface area contributed by atoms with E-state index in [1.165, 1.54) is 6.42 Å². The number of carboxylic acids is 1. The second-order valence-electron chi connectivity index (χ2n) is 6.59. The standard InChI is InChI=1S/C14H27NO2/c1-13(2,3)11-6-5-8-14(15-4,9-7-11)10-12(16)17/h11,15H,5-10H2,1-4H3,(H,16,17). The molecule has 0 aromatic heterocycles. The summed E-state index contributed by atoms with van der Waals surface area (Å²) in [5, 5.41) is 12.3. The number of carboxylic acid groups (broad SMARTS) is 1. The molecule has 2 atom stereocenters. The third kappa shape index (κ3) is 3.98. The van der Waals surface area contributed by atoms with Crippen molar-refractivity contribution in [2.45, 2.75) is 64.8 Å². The lowest BCUT2D eigenvalue weighted by atomic mass is 9.76. The zero-order chi connectivity index (χ0) is 13.1. The first kappa shape index (κ1) is 14.5. The van der Waals surface area contributed by atoms with Gasteiger partial charge in [-0.2, -0.15) is 0 Å². The van der Waals surface area contributed by atoms with Crippen molar-refractivity contribution in [3.05, 3.63) is 0 Å². The van der Waals surface area contributed by atoms with Crippen LogP contribution in [-0.4, -0.2) is 23.7 Å². The third-order valence-corrected chi connectivity index (χ3v) is 4.42. The summed E-state index contributed by atoms with van der Waals surface area (Å²) in [6, 6.07) is 0. The molecule has 0 aliphatic heterocycles. The second-order valence-corrected chi connectivity index (χ2v) is 6.59. The molecule has 3 heteroatoms. The van der Waals surface area contributed by atoms with Crippen LogP contribution in [0.15, 0.2) is 0 Å². The van der Waals surface area contributed by atoms with Gasteiger partial charge in [0, 0.05) is 5.54 Å². The van der Waals surface area contributed by atoms with Crippen LogP contribution in [0.1, 0.15) is 59.3 Å². The lowest BCUT2D eigenvalue weighted by molar-refractivity contribution is -0.138. The number of rotatable bonds is 3. The van der Waals surface area contributed by atoms with E-state index < -0.39 is 5.97 Å². The lowest BCUT2D eigenvalue weighted by Gasteiger charge is -2.33. The van der Waals surface area contributed by atoms with Crippen LogP contribution < -0.4 is 5.32 Å². The number of nitrogens with one attached hydrogen (secondary N) is 1. The maximum Gasteiger partial charge on any atom is 0.305 e. The van der Waals surface area contributed by atoms with E-state index in [1.807, 2.05) is 7.05 Å². The average Bonchev–Trinajstić information content (AvgIpc) is 2.39. The van der Waals surface area contributed by atoms with Gasteiger partial charge in [-0.05, 0) is 44.1 Å². The highest BCUT2D eigenvalue weighted by atomic mass is 16.4. The molecule has 100 valence electrons. The molecule has 1 saturated carbocycles. The van der Waals surface area contributed by atoms with Crippen molar-refractivity contribution in [3.8, 4) is 0 Å². The molecule has 0 radical (unpaired) electrons. The van der Waals surface area contributed by atoms with Crippen LogP contribution in [0.5, 0.6) is 0 Å². The Morgan fingerprint density at radius 3 is 2.47 bits per heavy atom. The van der Waals surface area contributed by atoms with Crippen molar-refractivity contribution >= 4 is 5.97 Å². The molecule has 0 heterocycles. The second kappa shape index (κ2) is 5.38. The average molecular weight is 241 g/mol. The Morgan fingerprint density at radius 2 is 2.00 bits per heavy atom. The summed E-state index contributed by atoms with van der Waals surface area (Å²) in [5.41, 5.74) is 0.166. The van der Waals surface area contributed by atoms with Gasteiger partial charge in [0.15, 0.2) is 0 Å². The fraction of sp³-hybridized carbons (Fsp3) is 0.929. The fourth-order valence-corrected chi connectivity index (χ4v) is 3.08. The van der Waals surface area contributed by atoms with Crippen LogP contribution in [0.3, 0.4) is 0 Å². The SMILES string of the molecule is CNC1(CC(=O)O)CCCC(C(C)(C)C)CC1. The van der Waals surface area contributed by atoms with E-state index in [-0.39, 0.29) is 12.0 Å². The zero-order valence-corrected chi connectivity index (χ0v) is 11.7. The maximum atomic E-state index is 11.0. The topological polar surface area (TPSA) is 49.3 Å². The summed E-state index contributed by atoms with van der Waals surface area (Å²) in [6.45, 7) is 6.88. The number of hydrogen-bond acceptors (Lipinski definition) is 2. The number of hydrogen-bond donors (Lipinski definition) is 2. The van der Waals surface area contributed by atoms with Crippen LogP contribution in [0, 0.1) is 11.3 Å². The number of carbonyl (C=O) groups is 1. The Balaban J connectivity index is 2.70. The van der Waals surface area contributed by atoms with E-state index in [4.69, 9.17) is 5.11 Å². The van der Waals surface area contributed by atoms with Crippen molar-refractivity contribution in [2.24, 2.45) is 11.3 Å². The Morgan fingerprint density at radius 1 is 1.35 bits per heavy atom. The van der Waals surface area contributed by atoms with E-state index in [0.717, 1.165) is 25.7 Å². The molecular formula is C14H27NO2. The van der Waals surface area contributed by atoms with E-state index in [1.54, 1.807) is 0 Å². The molecule has 3 nitrogen and oxygen atoms in total. The summed E-state index contributed by atoms with van der Waals surface area (Å²) < 4.78 is 0. The minimum Gasteiger partial charge on any atom is -0.481 e. The van der Waals surface area contributed by atoms with Gasteiger partial charge in [-0.25, -0.2) is 0 Å².